The van der Waals surface area contributed by atoms with Crippen molar-refractivity contribution in [2.75, 3.05) is 18.4 Å². The molecule has 1 aliphatic heterocycles. The third kappa shape index (κ3) is 6.00. The Morgan fingerprint density at radius 1 is 0.879 bits per heavy atom. The molecule has 33 heavy (non-hydrogen) atoms. The van der Waals surface area contributed by atoms with E-state index < -0.39 is 16.1 Å². The summed E-state index contributed by atoms with van der Waals surface area (Å²) in [5.41, 5.74) is 1.65. The summed E-state index contributed by atoms with van der Waals surface area (Å²) in [6.07, 6.45) is 1.21. The van der Waals surface area contributed by atoms with E-state index in [1.807, 2.05) is 60.7 Å². The van der Waals surface area contributed by atoms with Crippen molar-refractivity contribution in [1.29, 1.82) is 0 Å². The third-order valence-corrected chi connectivity index (χ3v) is 7.53. The van der Waals surface area contributed by atoms with Crippen molar-refractivity contribution < 1.29 is 13.2 Å². The zero-order valence-electron chi connectivity index (χ0n) is 18.0. The molecule has 172 valence electrons. The smallest absolute Gasteiger partial charge is 0.246 e. The van der Waals surface area contributed by atoms with Crippen LogP contribution in [-0.2, 0) is 14.8 Å². The summed E-state index contributed by atoms with van der Waals surface area (Å²) in [4.78, 5) is 15.6. The van der Waals surface area contributed by atoms with Gasteiger partial charge in [-0.05, 0) is 54.8 Å². The highest BCUT2D eigenvalue weighted by atomic mass is 35.5. The molecule has 4 rings (SSSR count). The second-order valence-electron chi connectivity index (χ2n) is 8.05. The van der Waals surface area contributed by atoms with Crippen LogP contribution in [0.4, 0.5) is 5.69 Å². The number of benzene rings is 3. The van der Waals surface area contributed by atoms with E-state index in [0.29, 0.717) is 31.0 Å². The number of sulfonamides is 1. The predicted molar refractivity (Wildman–Crippen MR) is 131 cm³/mol. The fraction of sp³-hybridized carbons (Fsp3) is 0.240. The Morgan fingerprint density at radius 3 is 2.06 bits per heavy atom. The van der Waals surface area contributed by atoms with Crippen LogP contribution in [0.1, 0.15) is 24.4 Å². The van der Waals surface area contributed by atoms with E-state index in [1.165, 1.54) is 12.1 Å². The van der Waals surface area contributed by atoms with Crippen LogP contribution in [0.3, 0.4) is 0 Å². The first-order valence-corrected chi connectivity index (χ1v) is 12.7. The number of halogens is 1. The van der Waals surface area contributed by atoms with Gasteiger partial charge in [-0.2, -0.15) is 0 Å². The van der Waals surface area contributed by atoms with Crippen LogP contribution in [0, 0.1) is 0 Å². The summed E-state index contributed by atoms with van der Waals surface area (Å²) in [7, 11) is -3.63. The number of carbonyl (C=O) groups is 1. The number of hydrogen-bond acceptors (Lipinski definition) is 4. The van der Waals surface area contributed by atoms with E-state index in [9.17, 15) is 13.2 Å². The molecule has 1 atom stereocenters. The minimum atomic E-state index is -3.63. The lowest BCUT2D eigenvalue weighted by Gasteiger charge is -2.37. The number of piperidine rings is 1. The molecule has 0 saturated carbocycles. The molecule has 1 unspecified atom stereocenters. The third-order valence-electron chi connectivity index (χ3n) is 5.75. The van der Waals surface area contributed by atoms with E-state index in [1.54, 1.807) is 12.1 Å². The van der Waals surface area contributed by atoms with Gasteiger partial charge in [0.15, 0.2) is 0 Å². The van der Waals surface area contributed by atoms with Gasteiger partial charge in [0.25, 0.3) is 0 Å². The van der Waals surface area contributed by atoms with Crippen LogP contribution in [0.25, 0.3) is 0 Å². The molecule has 6 nitrogen and oxygen atoms in total. The van der Waals surface area contributed by atoms with Crippen molar-refractivity contribution in [3.8, 4) is 0 Å². The lowest BCUT2D eigenvalue weighted by molar-refractivity contribution is -0.122. The first kappa shape index (κ1) is 23.4. The maximum atomic E-state index is 13.3. The van der Waals surface area contributed by atoms with Gasteiger partial charge in [-0.1, -0.05) is 60.1 Å². The fourth-order valence-corrected chi connectivity index (χ4v) is 5.50. The molecule has 1 aliphatic rings. The quantitative estimate of drug-likeness (QED) is 0.520. The zero-order valence-corrected chi connectivity index (χ0v) is 19.6. The van der Waals surface area contributed by atoms with Gasteiger partial charge in [-0.3, -0.25) is 9.69 Å². The number of rotatable bonds is 7. The molecule has 8 heteroatoms. The molecule has 0 aliphatic carbocycles. The van der Waals surface area contributed by atoms with Crippen LogP contribution >= 0.6 is 11.6 Å². The largest absolute Gasteiger partial charge is 0.324 e. The molecule has 1 fully saturated rings. The van der Waals surface area contributed by atoms with E-state index in [2.05, 4.69) is 14.9 Å². The molecule has 0 aromatic heterocycles. The lowest BCUT2D eigenvalue weighted by atomic mass is 9.99. The normalized spacial score (nSPS) is 16.3. The van der Waals surface area contributed by atoms with Gasteiger partial charge < -0.3 is 5.32 Å². The van der Waals surface area contributed by atoms with E-state index in [4.69, 9.17) is 11.6 Å². The molecule has 3 aromatic carbocycles. The van der Waals surface area contributed by atoms with Crippen molar-refractivity contribution >= 4 is 33.2 Å². The lowest BCUT2D eigenvalue weighted by Crippen LogP contribution is -2.47. The standard InChI is InChI=1S/C25H26ClN3O3S/c26-20-11-13-23(14-12-20)33(31,32)28-22-15-17-29(18-16-22)24(19-7-3-1-4-8-19)25(30)27-21-9-5-2-6-10-21/h1-14,22,24,28H,15-18H2,(H,27,30). The topological polar surface area (TPSA) is 78.5 Å². The van der Waals surface area contributed by atoms with Gasteiger partial charge in [-0.15, -0.1) is 0 Å². The average molecular weight is 484 g/mol. The Labute approximate surface area is 199 Å². The maximum Gasteiger partial charge on any atom is 0.246 e. The molecule has 2 N–H and O–H groups in total. The molecule has 0 bridgehead atoms. The molecule has 3 aromatic rings. The Kier molecular flexibility index (Phi) is 7.45. The summed E-state index contributed by atoms with van der Waals surface area (Å²) in [6, 6.07) is 24.5. The number of carbonyl (C=O) groups excluding carboxylic acids is 1. The van der Waals surface area contributed by atoms with Crippen molar-refractivity contribution in [2.45, 2.75) is 29.8 Å². The summed E-state index contributed by atoms with van der Waals surface area (Å²) >= 11 is 5.87. The highest BCUT2D eigenvalue weighted by molar-refractivity contribution is 7.89. The Bertz CT molecular complexity index is 1160. The maximum absolute atomic E-state index is 13.3. The number of hydrogen-bond donors (Lipinski definition) is 2. The van der Waals surface area contributed by atoms with E-state index >= 15 is 0 Å². The second-order valence-corrected chi connectivity index (χ2v) is 10.2. The van der Waals surface area contributed by atoms with Crippen LogP contribution < -0.4 is 10.0 Å². The van der Waals surface area contributed by atoms with Gasteiger partial charge in [-0.25, -0.2) is 13.1 Å². The molecule has 0 spiro atoms. The van der Waals surface area contributed by atoms with Crippen LogP contribution in [0.2, 0.25) is 5.02 Å². The van der Waals surface area contributed by atoms with Crippen molar-refractivity contribution in [3.05, 3.63) is 95.5 Å². The van der Waals surface area contributed by atoms with Gasteiger partial charge in [0, 0.05) is 29.8 Å². The number of nitrogens with zero attached hydrogens (tertiary/aromatic N) is 1. The number of likely N-dealkylation sites (tertiary alicyclic amines) is 1. The average Bonchev–Trinajstić information content (AvgIpc) is 2.82. The first-order chi connectivity index (χ1) is 15.9. The molecule has 1 saturated heterocycles. The molecule has 1 heterocycles. The zero-order chi connectivity index (χ0) is 23.3. The number of nitrogens with one attached hydrogen (secondary N) is 2. The highest BCUT2D eigenvalue weighted by Crippen LogP contribution is 2.27. The van der Waals surface area contributed by atoms with E-state index in [-0.39, 0.29) is 16.8 Å². The highest BCUT2D eigenvalue weighted by Gasteiger charge is 2.32. The van der Waals surface area contributed by atoms with Gasteiger partial charge in [0.05, 0.1) is 4.90 Å². The van der Waals surface area contributed by atoms with E-state index in [0.717, 1.165) is 11.3 Å². The summed E-state index contributed by atoms with van der Waals surface area (Å²) < 4.78 is 28.3. The summed E-state index contributed by atoms with van der Waals surface area (Å²) in [5, 5.41) is 3.50. The van der Waals surface area contributed by atoms with Crippen molar-refractivity contribution in [2.24, 2.45) is 0 Å². The first-order valence-electron chi connectivity index (χ1n) is 10.9. The fourth-order valence-electron chi connectivity index (χ4n) is 4.07. The number of amides is 1. The molecule has 1 amide bonds. The molecular formula is C25H26ClN3O3S. The van der Waals surface area contributed by atoms with Crippen molar-refractivity contribution in [1.82, 2.24) is 9.62 Å². The molecular weight excluding hydrogens is 458 g/mol. The van der Waals surface area contributed by atoms with Gasteiger partial charge in [0.1, 0.15) is 6.04 Å². The Hall–Kier alpha value is -2.71. The SMILES string of the molecule is O=C(Nc1ccccc1)C(c1ccccc1)N1CCC(NS(=O)(=O)c2ccc(Cl)cc2)CC1. The van der Waals surface area contributed by atoms with Crippen LogP contribution in [-0.4, -0.2) is 38.4 Å². The minimum Gasteiger partial charge on any atom is -0.324 e. The van der Waals surface area contributed by atoms with Crippen LogP contribution in [0.15, 0.2) is 89.8 Å². The minimum absolute atomic E-state index is 0.104. The summed E-state index contributed by atoms with van der Waals surface area (Å²) in [5.74, 6) is -0.104. The monoisotopic (exact) mass is 483 g/mol. The second kappa shape index (κ2) is 10.5. The number of anilines is 1. The Balaban J connectivity index is 1.44. The molecule has 0 radical (unpaired) electrons. The van der Waals surface area contributed by atoms with Gasteiger partial charge in [0.2, 0.25) is 15.9 Å². The van der Waals surface area contributed by atoms with Crippen LogP contribution in [0.5, 0.6) is 0 Å². The number of para-hydroxylation sites is 1. The van der Waals surface area contributed by atoms with Gasteiger partial charge >= 0.3 is 0 Å². The van der Waals surface area contributed by atoms with Crippen molar-refractivity contribution in [3.63, 3.8) is 0 Å². The summed E-state index contributed by atoms with van der Waals surface area (Å²) in [6.45, 7) is 1.19. The Morgan fingerprint density at radius 2 is 1.45 bits per heavy atom. The predicted octanol–water partition coefficient (Wildman–Crippen LogP) is 4.46.